The fourth-order valence-electron chi connectivity index (χ4n) is 1.47. The van der Waals surface area contributed by atoms with E-state index in [0.717, 1.165) is 25.5 Å². The van der Waals surface area contributed by atoms with Gasteiger partial charge in [0.1, 0.15) is 0 Å². The van der Waals surface area contributed by atoms with E-state index in [1.54, 1.807) is 7.11 Å². The first kappa shape index (κ1) is 21.7. The number of nitrogens with zero attached hydrogens (tertiary/aromatic N) is 1. The fraction of sp³-hybridized carbons (Fsp3) is 0.846. The summed E-state index contributed by atoms with van der Waals surface area (Å²) in [5.74, 6) is 0.765. The van der Waals surface area contributed by atoms with Gasteiger partial charge in [0.15, 0.2) is 5.96 Å². The number of carbonyl (C=O) groups excluding carboxylic acids is 1. The van der Waals surface area contributed by atoms with Crippen LogP contribution >= 0.6 is 24.0 Å². The van der Waals surface area contributed by atoms with Gasteiger partial charge < -0.3 is 20.7 Å². The second-order valence-electron chi connectivity index (χ2n) is 4.36. The van der Waals surface area contributed by atoms with Crippen molar-refractivity contribution >= 4 is 35.8 Å². The minimum Gasteiger partial charge on any atom is -0.383 e. The number of halogens is 1. The molecule has 0 spiro atoms. The number of methoxy groups -OCH3 is 1. The van der Waals surface area contributed by atoms with E-state index in [-0.39, 0.29) is 35.9 Å². The van der Waals surface area contributed by atoms with Crippen LogP contribution in [0.25, 0.3) is 0 Å². The van der Waals surface area contributed by atoms with E-state index in [2.05, 4.69) is 20.9 Å². The van der Waals surface area contributed by atoms with Crippen LogP contribution in [0.2, 0.25) is 0 Å². The van der Waals surface area contributed by atoms with Crippen LogP contribution in [0, 0.1) is 0 Å². The molecule has 120 valence electrons. The van der Waals surface area contributed by atoms with Gasteiger partial charge in [-0.2, -0.15) is 0 Å². The molecule has 1 unspecified atom stereocenters. The molecular weight excluding hydrogens is 371 g/mol. The third-order valence-electron chi connectivity index (χ3n) is 2.32. The maximum Gasteiger partial charge on any atom is 0.221 e. The van der Waals surface area contributed by atoms with Gasteiger partial charge in [0.2, 0.25) is 5.91 Å². The van der Waals surface area contributed by atoms with Crippen LogP contribution in [0.3, 0.4) is 0 Å². The van der Waals surface area contributed by atoms with Gasteiger partial charge in [0.25, 0.3) is 0 Å². The first-order valence-corrected chi connectivity index (χ1v) is 6.94. The number of hydrogen-bond donors (Lipinski definition) is 3. The van der Waals surface area contributed by atoms with Crippen LogP contribution in [0.15, 0.2) is 4.99 Å². The van der Waals surface area contributed by atoms with Gasteiger partial charge in [-0.05, 0) is 20.3 Å². The number of ether oxygens (including phenoxy) is 1. The third-order valence-corrected chi connectivity index (χ3v) is 2.32. The molecule has 0 saturated carbocycles. The SMILES string of the molecule is CCCNC(=O)CCN=C(NCC)NC(C)COC.I. The molecule has 6 nitrogen and oxygen atoms in total. The van der Waals surface area contributed by atoms with Gasteiger partial charge in [-0.15, -0.1) is 24.0 Å². The molecule has 0 aliphatic rings. The lowest BCUT2D eigenvalue weighted by atomic mass is 10.3. The monoisotopic (exact) mass is 400 g/mol. The van der Waals surface area contributed by atoms with Crippen molar-refractivity contribution < 1.29 is 9.53 Å². The maximum atomic E-state index is 11.4. The molecule has 0 rings (SSSR count). The molecule has 0 fully saturated rings. The molecule has 0 aromatic heterocycles. The van der Waals surface area contributed by atoms with E-state index in [4.69, 9.17) is 4.74 Å². The molecule has 0 radical (unpaired) electrons. The average Bonchev–Trinajstić information content (AvgIpc) is 2.36. The van der Waals surface area contributed by atoms with E-state index in [9.17, 15) is 4.79 Å². The summed E-state index contributed by atoms with van der Waals surface area (Å²) in [6, 6.07) is 0.178. The molecule has 0 aliphatic heterocycles. The average molecular weight is 400 g/mol. The first-order valence-electron chi connectivity index (χ1n) is 6.94. The highest BCUT2D eigenvalue weighted by Gasteiger charge is 2.04. The Bertz CT molecular complexity index is 275. The Kier molecular flexibility index (Phi) is 16.1. The summed E-state index contributed by atoms with van der Waals surface area (Å²) in [4.78, 5) is 15.8. The lowest BCUT2D eigenvalue weighted by Crippen LogP contribution is -2.44. The Labute approximate surface area is 139 Å². The number of amides is 1. The van der Waals surface area contributed by atoms with Crippen LogP contribution in [0.4, 0.5) is 0 Å². The van der Waals surface area contributed by atoms with Crippen molar-refractivity contribution in [3.63, 3.8) is 0 Å². The van der Waals surface area contributed by atoms with Gasteiger partial charge in [0.05, 0.1) is 13.2 Å². The lowest BCUT2D eigenvalue weighted by molar-refractivity contribution is -0.120. The minimum atomic E-state index is 0. The molecule has 0 aromatic carbocycles. The summed E-state index contributed by atoms with van der Waals surface area (Å²) in [6.07, 6.45) is 1.36. The Morgan fingerprint density at radius 1 is 1.30 bits per heavy atom. The molecule has 7 heteroatoms. The number of guanidine groups is 1. The Morgan fingerprint density at radius 2 is 2.00 bits per heavy atom. The molecule has 0 aromatic rings. The number of hydrogen-bond acceptors (Lipinski definition) is 3. The third kappa shape index (κ3) is 12.5. The zero-order valence-electron chi connectivity index (χ0n) is 13.0. The molecule has 0 saturated heterocycles. The van der Waals surface area contributed by atoms with E-state index in [1.165, 1.54) is 0 Å². The number of nitrogens with one attached hydrogen (secondary N) is 3. The predicted molar refractivity (Wildman–Crippen MR) is 93.8 cm³/mol. The van der Waals surface area contributed by atoms with Gasteiger partial charge in [-0.3, -0.25) is 9.79 Å². The van der Waals surface area contributed by atoms with Crippen molar-refractivity contribution in [1.29, 1.82) is 0 Å². The van der Waals surface area contributed by atoms with Crippen molar-refractivity contribution in [2.75, 3.05) is 33.4 Å². The zero-order valence-corrected chi connectivity index (χ0v) is 15.3. The maximum absolute atomic E-state index is 11.4. The molecule has 0 bridgehead atoms. The summed E-state index contributed by atoms with van der Waals surface area (Å²) >= 11 is 0. The van der Waals surface area contributed by atoms with Gasteiger partial charge in [-0.25, -0.2) is 0 Å². The second kappa shape index (κ2) is 14.8. The fourth-order valence-corrected chi connectivity index (χ4v) is 1.47. The molecule has 0 aliphatic carbocycles. The van der Waals surface area contributed by atoms with E-state index in [1.807, 2.05) is 20.8 Å². The molecule has 1 atom stereocenters. The van der Waals surface area contributed by atoms with E-state index >= 15 is 0 Å². The quantitative estimate of drug-likeness (QED) is 0.308. The number of carbonyl (C=O) groups is 1. The Morgan fingerprint density at radius 3 is 2.55 bits per heavy atom. The van der Waals surface area contributed by atoms with E-state index in [0.29, 0.717) is 19.6 Å². The highest BCUT2D eigenvalue weighted by atomic mass is 127. The highest BCUT2D eigenvalue weighted by molar-refractivity contribution is 14.0. The minimum absolute atomic E-state index is 0. The highest BCUT2D eigenvalue weighted by Crippen LogP contribution is 1.86. The van der Waals surface area contributed by atoms with E-state index < -0.39 is 0 Å². The van der Waals surface area contributed by atoms with Gasteiger partial charge in [-0.1, -0.05) is 6.92 Å². The summed E-state index contributed by atoms with van der Waals surface area (Å²) in [6.45, 7) is 8.66. The zero-order chi connectivity index (χ0) is 14.5. The first-order chi connectivity index (χ1) is 9.13. The largest absolute Gasteiger partial charge is 0.383 e. The standard InChI is InChI=1S/C13H28N4O2.HI/c1-5-8-15-12(18)7-9-16-13(14-6-2)17-11(3)10-19-4;/h11H,5-10H2,1-4H3,(H,15,18)(H2,14,16,17);1H. The Balaban J connectivity index is 0. The number of aliphatic imine (C=N–C) groups is 1. The predicted octanol–water partition coefficient (Wildman–Crippen LogP) is 1.11. The molecule has 20 heavy (non-hydrogen) atoms. The second-order valence-corrected chi connectivity index (χ2v) is 4.36. The summed E-state index contributed by atoms with van der Waals surface area (Å²) < 4.78 is 5.06. The topological polar surface area (TPSA) is 74.8 Å². The molecular formula is C13H29IN4O2. The number of rotatable bonds is 9. The van der Waals surface area contributed by atoms with Crippen LogP contribution in [-0.4, -0.2) is 51.3 Å². The smallest absolute Gasteiger partial charge is 0.221 e. The normalized spacial score (nSPS) is 12.3. The van der Waals surface area contributed by atoms with Crippen molar-refractivity contribution in [3.05, 3.63) is 0 Å². The molecule has 1 amide bonds. The van der Waals surface area contributed by atoms with Gasteiger partial charge >= 0.3 is 0 Å². The van der Waals surface area contributed by atoms with Crippen LogP contribution in [0.1, 0.15) is 33.6 Å². The molecule has 3 N–H and O–H groups in total. The Hall–Kier alpha value is -0.570. The summed E-state index contributed by atoms with van der Waals surface area (Å²) in [5.41, 5.74) is 0. The van der Waals surface area contributed by atoms with Crippen molar-refractivity contribution in [2.24, 2.45) is 4.99 Å². The molecule has 0 heterocycles. The van der Waals surface area contributed by atoms with Crippen molar-refractivity contribution in [3.8, 4) is 0 Å². The lowest BCUT2D eigenvalue weighted by Gasteiger charge is -2.16. The van der Waals surface area contributed by atoms with Crippen LogP contribution in [-0.2, 0) is 9.53 Å². The summed E-state index contributed by atoms with van der Waals surface area (Å²) in [5, 5.41) is 9.19. The van der Waals surface area contributed by atoms with Crippen LogP contribution < -0.4 is 16.0 Å². The van der Waals surface area contributed by atoms with Crippen LogP contribution in [0.5, 0.6) is 0 Å². The summed E-state index contributed by atoms with van der Waals surface area (Å²) in [7, 11) is 1.67. The van der Waals surface area contributed by atoms with Gasteiger partial charge in [0, 0.05) is 32.7 Å². The van der Waals surface area contributed by atoms with Crippen molar-refractivity contribution in [2.45, 2.75) is 39.7 Å². The van der Waals surface area contributed by atoms with Crippen molar-refractivity contribution in [1.82, 2.24) is 16.0 Å².